The van der Waals surface area contributed by atoms with E-state index in [1.165, 1.54) is 30.8 Å². The van der Waals surface area contributed by atoms with Gasteiger partial charge in [0.15, 0.2) is 16.6 Å². The average molecular weight is 241 g/mol. The molecular formula is C11H19N3OS. The summed E-state index contributed by atoms with van der Waals surface area (Å²) >= 11 is 1.39. The van der Waals surface area contributed by atoms with Crippen LogP contribution in [-0.4, -0.2) is 17.0 Å². The van der Waals surface area contributed by atoms with Gasteiger partial charge >= 0.3 is 0 Å². The molecule has 1 aromatic rings. The lowest BCUT2D eigenvalue weighted by Crippen LogP contribution is -2.21. The molecule has 16 heavy (non-hydrogen) atoms. The highest BCUT2D eigenvalue weighted by atomic mass is 32.1. The summed E-state index contributed by atoms with van der Waals surface area (Å²) in [4.78, 5) is 0. The first-order chi connectivity index (χ1) is 7.72. The van der Waals surface area contributed by atoms with E-state index in [0.717, 1.165) is 16.7 Å². The average Bonchev–Trinajstić information content (AvgIpc) is 2.80. The van der Waals surface area contributed by atoms with Crippen molar-refractivity contribution in [1.82, 2.24) is 4.37 Å². The van der Waals surface area contributed by atoms with Crippen molar-refractivity contribution >= 4 is 22.4 Å². The van der Waals surface area contributed by atoms with Crippen molar-refractivity contribution < 1.29 is 4.74 Å². The molecule has 0 bridgehead atoms. The summed E-state index contributed by atoms with van der Waals surface area (Å²) in [5.74, 6) is 1.95. The molecule has 2 rings (SSSR count). The maximum absolute atomic E-state index is 5.77. The summed E-state index contributed by atoms with van der Waals surface area (Å²) < 4.78 is 9.65. The molecule has 1 fully saturated rings. The number of nitrogens with one attached hydrogen (secondary N) is 1. The third kappa shape index (κ3) is 2.24. The molecular weight excluding hydrogens is 222 g/mol. The molecule has 4 nitrogen and oxygen atoms in total. The number of aromatic nitrogens is 1. The summed E-state index contributed by atoms with van der Waals surface area (Å²) in [6.45, 7) is 4.87. The molecule has 0 aliphatic heterocycles. The fourth-order valence-electron chi connectivity index (χ4n) is 2.20. The highest BCUT2D eigenvalue weighted by Gasteiger charge is 2.25. The van der Waals surface area contributed by atoms with Crippen LogP contribution in [0.15, 0.2) is 0 Å². The van der Waals surface area contributed by atoms with E-state index in [2.05, 4.69) is 16.6 Å². The number of nitrogens with two attached hydrogens (primary N) is 1. The van der Waals surface area contributed by atoms with Crippen LogP contribution in [0.1, 0.15) is 33.1 Å². The van der Waals surface area contributed by atoms with Gasteiger partial charge in [-0.05, 0) is 37.2 Å². The Balaban J connectivity index is 2.08. The number of hydrogen-bond donors (Lipinski definition) is 2. The summed E-state index contributed by atoms with van der Waals surface area (Å²) in [5.41, 5.74) is 5.77. The van der Waals surface area contributed by atoms with Gasteiger partial charge in [-0.15, -0.1) is 0 Å². The number of anilines is 2. The summed E-state index contributed by atoms with van der Waals surface area (Å²) in [6.07, 6.45) is 3.83. The number of hydrogen-bond acceptors (Lipinski definition) is 5. The van der Waals surface area contributed by atoms with Crippen molar-refractivity contribution in [2.24, 2.45) is 5.92 Å². The summed E-state index contributed by atoms with van der Waals surface area (Å²) in [5, 5.41) is 4.50. The minimum atomic E-state index is 0.500. The largest absolute Gasteiger partial charge is 0.487 e. The molecule has 1 heterocycles. The van der Waals surface area contributed by atoms with E-state index in [0.29, 0.717) is 18.5 Å². The van der Waals surface area contributed by atoms with E-state index in [4.69, 9.17) is 10.5 Å². The van der Waals surface area contributed by atoms with Crippen LogP contribution in [0.5, 0.6) is 5.75 Å². The number of nitrogen functional groups attached to an aromatic ring is 1. The molecule has 1 aliphatic rings. The Labute approximate surface area is 100 Å². The molecule has 3 N–H and O–H groups in total. The second kappa shape index (κ2) is 4.91. The highest BCUT2D eigenvalue weighted by molar-refractivity contribution is 7.11. The molecule has 0 aromatic carbocycles. The zero-order valence-electron chi connectivity index (χ0n) is 9.82. The zero-order chi connectivity index (χ0) is 11.5. The first-order valence-electron chi connectivity index (χ1n) is 5.86. The van der Waals surface area contributed by atoms with Crippen molar-refractivity contribution in [1.29, 1.82) is 0 Å². The fraction of sp³-hybridized carbons (Fsp3) is 0.727. The van der Waals surface area contributed by atoms with Crippen LogP contribution in [-0.2, 0) is 0 Å². The molecule has 1 aliphatic carbocycles. The second-order valence-corrected chi connectivity index (χ2v) is 5.09. The molecule has 0 amide bonds. The summed E-state index contributed by atoms with van der Waals surface area (Å²) in [7, 11) is 0. The van der Waals surface area contributed by atoms with Gasteiger partial charge in [0.2, 0.25) is 0 Å². The Morgan fingerprint density at radius 3 is 3.00 bits per heavy atom. The fourth-order valence-corrected chi connectivity index (χ4v) is 2.92. The number of nitrogens with zero attached hydrogens (tertiary/aromatic N) is 1. The topological polar surface area (TPSA) is 60.2 Å². The predicted octanol–water partition coefficient (Wildman–Crippen LogP) is 2.72. The van der Waals surface area contributed by atoms with Crippen LogP contribution in [0.4, 0.5) is 10.8 Å². The van der Waals surface area contributed by atoms with Crippen LogP contribution >= 0.6 is 11.5 Å². The van der Waals surface area contributed by atoms with Crippen molar-refractivity contribution in [3.05, 3.63) is 0 Å². The lowest BCUT2D eigenvalue weighted by Gasteiger charge is -2.17. The third-order valence-corrected chi connectivity index (χ3v) is 3.91. The van der Waals surface area contributed by atoms with Crippen LogP contribution in [0, 0.1) is 5.92 Å². The smallest absolute Gasteiger partial charge is 0.197 e. The van der Waals surface area contributed by atoms with Crippen LogP contribution in [0.3, 0.4) is 0 Å². The molecule has 90 valence electrons. The predicted molar refractivity (Wildman–Crippen MR) is 68.1 cm³/mol. The number of rotatable bonds is 4. The maximum Gasteiger partial charge on any atom is 0.197 e. The second-order valence-electron chi connectivity index (χ2n) is 4.32. The van der Waals surface area contributed by atoms with Gasteiger partial charge in [-0.1, -0.05) is 13.3 Å². The first-order valence-corrected chi connectivity index (χ1v) is 6.64. The van der Waals surface area contributed by atoms with E-state index < -0.39 is 0 Å². The van der Waals surface area contributed by atoms with Gasteiger partial charge in [-0.25, -0.2) is 0 Å². The Kier molecular flexibility index (Phi) is 3.53. The van der Waals surface area contributed by atoms with Gasteiger partial charge in [0.05, 0.1) is 6.61 Å². The zero-order valence-corrected chi connectivity index (χ0v) is 10.6. The van der Waals surface area contributed by atoms with Gasteiger partial charge in [0.1, 0.15) is 0 Å². The molecule has 1 aromatic heterocycles. The van der Waals surface area contributed by atoms with E-state index in [1.807, 2.05) is 6.92 Å². The van der Waals surface area contributed by atoms with Crippen molar-refractivity contribution in [3.8, 4) is 5.75 Å². The molecule has 1 saturated carbocycles. The van der Waals surface area contributed by atoms with Gasteiger partial charge in [-0.3, -0.25) is 0 Å². The quantitative estimate of drug-likeness (QED) is 0.851. The van der Waals surface area contributed by atoms with Crippen molar-refractivity contribution in [2.75, 3.05) is 17.7 Å². The minimum absolute atomic E-state index is 0.500. The van der Waals surface area contributed by atoms with Crippen LogP contribution < -0.4 is 15.8 Å². The maximum atomic E-state index is 5.77. The molecule has 0 spiro atoms. The molecule has 2 atom stereocenters. The van der Waals surface area contributed by atoms with Gasteiger partial charge in [0.25, 0.3) is 0 Å². The molecule has 0 saturated heterocycles. The van der Waals surface area contributed by atoms with Gasteiger partial charge < -0.3 is 15.8 Å². The van der Waals surface area contributed by atoms with E-state index in [9.17, 15) is 0 Å². The highest BCUT2D eigenvalue weighted by Crippen LogP contribution is 2.38. The van der Waals surface area contributed by atoms with Crippen LogP contribution in [0.25, 0.3) is 0 Å². The molecule has 5 heteroatoms. The third-order valence-electron chi connectivity index (χ3n) is 3.14. The Morgan fingerprint density at radius 2 is 2.38 bits per heavy atom. The van der Waals surface area contributed by atoms with Crippen molar-refractivity contribution in [2.45, 2.75) is 39.2 Å². The normalized spacial score (nSPS) is 24.6. The van der Waals surface area contributed by atoms with Crippen molar-refractivity contribution in [3.63, 3.8) is 0 Å². The van der Waals surface area contributed by atoms with Gasteiger partial charge in [-0.2, -0.15) is 4.37 Å². The minimum Gasteiger partial charge on any atom is -0.487 e. The Bertz CT molecular complexity index is 353. The standard InChI is InChI=1S/C11H19N3OS/c1-3-15-9-10(12)14-16-11(9)13-8-6-4-5-7(8)2/h7-8,13H,3-6H2,1-2H3,(H2,12,14). The monoisotopic (exact) mass is 241 g/mol. The number of ether oxygens (including phenoxy) is 1. The Hall–Kier alpha value is -0.970. The SMILES string of the molecule is CCOc1c(N)nsc1NC1CCCC1C. The van der Waals surface area contributed by atoms with E-state index >= 15 is 0 Å². The lowest BCUT2D eigenvalue weighted by molar-refractivity contribution is 0.343. The van der Waals surface area contributed by atoms with Gasteiger partial charge in [0, 0.05) is 6.04 Å². The first kappa shape index (κ1) is 11.5. The lowest BCUT2D eigenvalue weighted by atomic mass is 10.1. The van der Waals surface area contributed by atoms with E-state index in [-0.39, 0.29) is 0 Å². The molecule has 0 radical (unpaired) electrons. The summed E-state index contributed by atoms with van der Waals surface area (Å²) in [6, 6.07) is 0.541. The van der Waals surface area contributed by atoms with E-state index in [1.54, 1.807) is 0 Å². The van der Waals surface area contributed by atoms with Crippen LogP contribution in [0.2, 0.25) is 0 Å². The molecule has 2 unspecified atom stereocenters. The Morgan fingerprint density at radius 1 is 1.56 bits per heavy atom.